The molecule has 0 fully saturated rings. The summed E-state index contributed by atoms with van der Waals surface area (Å²) in [6.45, 7) is 5.64. The molecule has 0 spiro atoms. The summed E-state index contributed by atoms with van der Waals surface area (Å²) in [5, 5.41) is 12.5. The number of benzene rings is 1. The number of carbonyl (C=O) groups is 1. The monoisotopic (exact) mass is 344 g/mol. The van der Waals surface area contributed by atoms with Crippen molar-refractivity contribution in [3.05, 3.63) is 28.2 Å². The maximum absolute atomic E-state index is 11.7. The van der Waals surface area contributed by atoms with E-state index in [2.05, 4.69) is 21.2 Å². The largest absolute Gasteiger partial charge is 0.508 e. The Bertz CT molecular complexity index is 472. The number of ether oxygens (including phenoxy) is 1. The number of phenols is 1. The molecule has 0 aromatic heterocycles. The third-order valence-electron chi connectivity index (χ3n) is 2.51. The van der Waals surface area contributed by atoms with E-state index in [0.29, 0.717) is 12.0 Å². The highest BCUT2D eigenvalue weighted by atomic mass is 79.9. The summed E-state index contributed by atoms with van der Waals surface area (Å²) in [6, 6.07) is 4.84. The molecule has 0 saturated carbocycles. The SMILES string of the molecule is CC(C)(C)OC(=O)NC(CN)Cc1cc(Br)ccc1O. The van der Waals surface area contributed by atoms with Crippen LogP contribution in [0.2, 0.25) is 0 Å². The van der Waals surface area contributed by atoms with Crippen molar-refractivity contribution in [2.75, 3.05) is 6.54 Å². The van der Waals surface area contributed by atoms with Gasteiger partial charge in [0.25, 0.3) is 0 Å². The Balaban J connectivity index is 2.68. The summed E-state index contributed by atoms with van der Waals surface area (Å²) >= 11 is 3.34. The molecule has 6 heteroatoms. The molecule has 1 aromatic rings. The van der Waals surface area contributed by atoms with Crippen LogP contribution in [0.25, 0.3) is 0 Å². The van der Waals surface area contributed by atoms with Crippen LogP contribution >= 0.6 is 15.9 Å². The predicted molar refractivity (Wildman–Crippen MR) is 81.7 cm³/mol. The second-order valence-corrected chi connectivity index (χ2v) is 6.47. The third kappa shape index (κ3) is 5.79. The van der Waals surface area contributed by atoms with Crippen LogP contribution in [-0.2, 0) is 11.2 Å². The average molecular weight is 345 g/mol. The number of nitrogens with two attached hydrogens (primary N) is 1. The summed E-state index contributed by atoms with van der Waals surface area (Å²) in [4.78, 5) is 11.7. The quantitative estimate of drug-likeness (QED) is 0.783. The van der Waals surface area contributed by atoms with Gasteiger partial charge in [0, 0.05) is 17.1 Å². The van der Waals surface area contributed by atoms with Crippen LogP contribution in [0.15, 0.2) is 22.7 Å². The Hall–Kier alpha value is -1.27. The molecule has 112 valence electrons. The minimum atomic E-state index is -0.554. The summed E-state index contributed by atoms with van der Waals surface area (Å²) in [5.41, 5.74) is 5.82. The fourth-order valence-corrected chi connectivity index (χ4v) is 2.06. The Labute approximate surface area is 127 Å². The van der Waals surface area contributed by atoms with Gasteiger partial charge in [-0.05, 0) is 51.0 Å². The zero-order valence-corrected chi connectivity index (χ0v) is 13.5. The standard InChI is InChI=1S/C14H21BrN2O3/c1-14(2,3)20-13(19)17-11(8-16)7-9-6-10(15)4-5-12(9)18/h4-6,11,18H,7-8,16H2,1-3H3,(H,17,19). The average Bonchev–Trinajstić information content (AvgIpc) is 2.30. The molecule has 0 bridgehead atoms. The number of halogens is 1. The van der Waals surface area contributed by atoms with Crippen LogP contribution in [0.3, 0.4) is 0 Å². The number of carbonyl (C=O) groups excluding carboxylic acids is 1. The van der Waals surface area contributed by atoms with Crippen molar-refractivity contribution in [1.29, 1.82) is 0 Å². The first-order valence-electron chi connectivity index (χ1n) is 6.38. The van der Waals surface area contributed by atoms with Crippen molar-refractivity contribution in [1.82, 2.24) is 5.32 Å². The van der Waals surface area contributed by atoms with Gasteiger partial charge < -0.3 is 20.9 Å². The lowest BCUT2D eigenvalue weighted by atomic mass is 10.1. The lowest BCUT2D eigenvalue weighted by Gasteiger charge is -2.23. The van der Waals surface area contributed by atoms with E-state index >= 15 is 0 Å². The maximum Gasteiger partial charge on any atom is 0.407 e. The van der Waals surface area contributed by atoms with E-state index in [1.54, 1.807) is 39.0 Å². The fourth-order valence-electron chi connectivity index (χ4n) is 1.65. The molecule has 1 atom stereocenters. The maximum atomic E-state index is 11.7. The second-order valence-electron chi connectivity index (χ2n) is 5.56. The van der Waals surface area contributed by atoms with Crippen LogP contribution in [-0.4, -0.2) is 29.4 Å². The van der Waals surface area contributed by atoms with Crippen molar-refractivity contribution < 1.29 is 14.6 Å². The molecule has 0 aliphatic rings. The van der Waals surface area contributed by atoms with Gasteiger partial charge in [0.15, 0.2) is 0 Å². The number of amides is 1. The number of alkyl carbamates (subject to hydrolysis) is 1. The number of hydrogen-bond acceptors (Lipinski definition) is 4. The van der Waals surface area contributed by atoms with E-state index < -0.39 is 11.7 Å². The Morgan fingerprint density at radius 1 is 1.50 bits per heavy atom. The Morgan fingerprint density at radius 2 is 2.15 bits per heavy atom. The lowest BCUT2D eigenvalue weighted by Crippen LogP contribution is -2.44. The molecular weight excluding hydrogens is 324 g/mol. The van der Waals surface area contributed by atoms with E-state index in [9.17, 15) is 9.90 Å². The van der Waals surface area contributed by atoms with E-state index in [0.717, 1.165) is 4.47 Å². The van der Waals surface area contributed by atoms with Crippen LogP contribution in [0.5, 0.6) is 5.75 Å². The minimum Gasteiger partial charge on any atom is -0.508 e. The van der Waals surface area contributed by atoms with Gasteiger partial charge in [0.05, 0.1) is 0 Å². The molecule has 20 heavy (non-hydrogen) atoms. The van der Waals surface area contributed by atoms with Gasteiger partial charge in [-0.25, -0.2) is 4.79 Å². The highest BCUT2D eigenvalue weighted by Gasteiger charge is 2.19. The number of nitrogens with one attached hydrogen (secondary N) is 1. The molecule has 0 aliphatic heterocycles. The highest BCUT2D eigenvalue weighted by Crippen LogP contribution is 2.23. The zero-order valence-electron chi connectivity index (χ0n) is 11.9. The molecule has 0 heterocycles. The van der Waals surface area contributed by atoms with E-state index in [-0.39, 0.29) is 18.3 Å². The third-order valence-corrected chi connectivity index (χ3v) is 3.01. The zero-order chi connectivity index (χ0) is 15.3. The first-order valence-corrected chi connectivity index (χ1v) is 7.17. The van der Waals surface area contributed by atoms with Crippen molar-refractivity contribution >= 4 is 22.0 Å². The summed E-state index contributed by atoms with van der Waals surface area (Å²) in [5.74, 6) is 0.178. The van der Waals surface area contributed by atoms with Gasteiger partial charge in [-0.1, -0.05) is 15.9 Å². The topological polar surface area (TPSA) is 84.6 Å². The first kappa shape index (κ1) is 16.8. The van der Waals surface area contributed by atoms with E-state index in [4.69, 9.17) is 10.5 Å². The van der Waals surface area contributed by atoms with Gasteiger partial charge in [-0.3, -0.25) is 0 Å². The fraction of sp³-hybridized carbons (Fsp3) is 0.500. The van der Waals surface area contributed by atoms with E-state index in [1.165, 1.54) is 0 Å². The molecule has 0 aliphatic carbocycles. The summed E-state index contributed by atoms with van der Waals surface area (Å²) in [6.07, 6.45) is -0.0801. The van der Waals surface area contributed by atoms with Crippen molar-refractivity contribution in [3.8, 4) is 5.75 Å². The molecular formula is C14H21BrN2O3. The summed E-state index contributed by atoms with van der Waals surface area (Å²) in [7, 11) is 0. The van der Waals surface area contributed by atoms with Crippen LogP contribution in [0.4, 0.5) is 4.79 Å². The van der Waals surface area contributed by atoms with Gasteiger partial charge in [-0.15, -0.1) is 0 Å². The Kier molecular flexibility index (Phi) is 5.83. The Morgan fingerprint density at radius 3 is 2.70 bits per heavy atom. The van der Waals surface area contributed by atoms with Gasteiger partial charge in [-0.2, -0.15) is 0 Å². The number of hydrogen-bond donors (Lipinski definition) is 3. The van der Waals surface area contributed by atoms with E-state index in [1.807, 2.05) is 0 Å². The van der Waals surface area contributed by atoms with Crippen molar-refractivity contribution in [2.45, 2.75) is 38.8 Å². The van der Waals surface area contributed by atoms with Gasteiger partial charge in [0.2, 0.25) is 0 Å². The van der Waals surface area contributed by atoms with Crippen LogP contribution in [0, 0.1) is 0 Å². The lowest BCUT2D eigenvalue weighted by molar-refractivity contribution is 0.0505. The smallest absolute Gasteiger partial charge is 0.407 e. The van der Waals surface area contributed by atoms with Gasteiger partial charge >= 0.3 is 6.09 Å². The summed E-state index contributed by atoms with van der Waals surface area (Å²) < 4.78 is 6.04. The number of phenolic OH excluding ortho intramolecular Hbond substituents is 1. The molecule has 4 N–H and O–H groups in total. The van der Waals surface area contributed by atoms with Gasteiger partial charge in [0.1, 0.15) is 11.4 Å². The number of aromatic hydroxyl groups is 1. The molecule has 1 amide bonds. The van der Waals surface area contributed by atoms with Crippen molar-refractivity contribution in [3.63, 3.8) is 0 Å². The molecule has 1 rings (SSSR count). The van der Waals surface area contributed by atoms with Crippen LogP contribution in [0.1, 0.15) is 26.3 Å². The normalized spacial score (nSPS) is 12.8. The highest BCUT2D eigenvalue weighted by molar-refractivity contribution is 9.10. The number of rotatable bonds is 4. The van der Waals surface area contributed by atoms with Crippen LogP contribution < -0.4 is 11.1 Å². The molecule has 0 radical (unpaired) electrons. The predicted octanol–water partition coefficient (Wildman–Crippen LogP) is 2.55. The van der Waals surface area contributed by atoms with Crippen molar-refractivity contribution in [2.24, 2.45) is 5.73 Å². The molecule has 1 aromatic carbocycles. The molecule has 1 unspecified atom stereocenters. The molecule has 5 nitrogen and oxygen atoms in total. The molecule has 0 saturated heterocycles. The first-order chi connectivity index (χ1) is 9.21. The minimum absolute atomic E-state index is 0.178. The second kappa shape index (κ2) is 6.95.